The fourth-order valence-corrected chi connectivity index (χ4v) is 0. The Morgan fingerprint density at radius 1 is 0.750 bits per heavy atom. The molecule has 1 radical (unpaired) electrons. The molecule has 8 nitrogen and oxygen atoms in total. The van der Waals surface area contributed by atoms with Gasteiger partial charge in [-0.25, -0.2) is 0 Å². The predicted molar refractivity (Wildman–Crippen MR) is 29.5 cm³/mol. The molecule has 0 aromatic heterocycles. The minimum atomic E-state index is -4.67. The van der Waals surface area contributed by atoms with E-state index in [-0.39, 0.29) is 69.9 Å². The fraction of sp³-hybridized carbons (Fsp3) is 0. The van der Waals surface area contributed by atoms with Crippen LogP contribution in [0.1, 0.15) is 1.43 Å². The van der Waals surface area contributed by atoms with Gasteiger partial charge < -0.3 is 1.43 Å². The summed E-state index contributed by atoms with van der Waals surface area (Å²) < 4.78 is 63.2. The van der Waals surface area contributed by atoms with E-state index in [1.807, 2.05) is 0 Å². The molecule has 0 aliphatic heterocycles. The van der Waals surface area contributed by atoms with Gasteiger partial charge >= 0.3 is 72.2 Å². The molecule has 0 atom stereocenters. The smallest absolute Gasteiger partial charge is 1.00 e. The van der Waals surface area contributed by atoms with Gasteiger partial charge in [-0.1, -0.05) is 0 Å². The van der Waals surface area contributed by atoms with Gasteiger partial charge in [0.15, 0.2) is 0 Å². The van der Waals surface area contributed by atoms with Crippen molar-refractivity contribution >= 4 is 20.8 Å². The molecule has 12 heavy (non-hydrogen) atoms. The monoisotopic (exact) mass is 299 g/mol. The minimum Gasteiger partial charge on any atom is -1.00 e. The molecule has 0 saturated heterocycles. The van der Waals surface area contributed by atoms with Crippen molar-refractivity contribution in [2.45, 2.75) is 0 Å². The second kappa shape index (κ2) is 9.45. The van der Waals surface area contributed by atoms with Crippen LogP contribution in [0.5, 0.6) is 0 Å². The van der Waals surface area contributed by atoms with Crippen LogP contribution in [-0.2, 0) is 37.9 Å². The maximum absolute atomic E-state index is 8.74. The summed E-state index contributed by atoms with van der Waals surface area (Å²) in [5.41, 5.74) is 0. The molecule has 0 aliphatic carbocycles. The normalized spacial score (nSPS) is 9.67. The van der Waals surface area contributed by atoms with E-state index < -0.39 is 20.8 Å². The number of rotatable bonds is 0. The zero-order valence-corrected chi connectivity index (χ0v) is 11.2. The van der Waals surface area contributed by atoms with E-state index >= 15 is 0 Å². The standard InChI is InChI=1S/Cu.K.2H2O4S.H/c;;2*1-5(2,3)4;/h;;2*(H2,1,2,3,4);/q;+1;;;-1. The number of hydrogen-bond acceptors (Lipinski definition) is 4. The van der Waals surface area contributed by atoms with Crippen LogP contribution in [-0.4, -0.2) is 35.0 Å². The van der Waals surface area contributed by atoms with Gasteiger partial charge in [0.2, 0.25) is 0 Å². The van der Waals surface area contributed by atoms with Crippen LogP contribution in [0.4, 0.5) is 0 Å². The average Bonchev–Trinajstić information content (AvgIpc) is 1.12. The van der Waals surface area contributed by atoms with Crippen molar-refractivity contribution in [2.75, 3.05) is 0 Å². The van der Waals surface area contributed by atoms with Gasteiger partial charge in [-0.15, -0.1) is 0 Å². The third-order valence-corrected chi connectivity index (χ3v) is 0. The first kappa shape index (κ1) is 23.6. The summed E-state index contributed by atoms with van der Waals surface area (Å²) in [5.74, 6) is 0. The van der Waals surface area contributed by atoms with Crippen molar-refractivity contribution in [3.05, 3.63) is 0 Å². The summed E-state index contributed by atoms with van der Waals surface area (Å²) in [7, 11) is -9.33. The van der Waals surface area contributed by atoms with E-state index in [9.17, 15) is 0 Å². The molecule has 0 saturated carbocycles. The first-order valence-corrected chi connectivity index (χ1v) is 4.19. The molecule has 0 heterocycles. The van der Waals surface area contributed by atoms with Crippen molar-refractivity contribution < 1.29 is 105 Å². The molecule has 0 spiro atoms. The third kappa shape index (κ3) is 393. The summed E-state index contributed by atoms with van der Waals surface area (Å²) >= 11 is 0. The largest absolute Gasteiger partial charge is 1.00 e. The molecule has 4 N–H and O–H groups in total. The molecular weight excluding hydrogens is 295 g/mol. The molecule has 0 aromatic rings. The molecule has 12 heteroatoms. The van der Waals surface area contributed by atoms with Crippen molar-refractivity contribution in [3.63, 3.8) is 0 Å². The summed E-state index contributed by atoms with van der Waals surface area (Å²) in [6, 6.07) is 0. The predicted octanol–water partition coefficient (Wildman–Crippen LogP) is -4.19. The van der Waals surface area contributed by atoms with E-state index in [4.69, 9.17) is 35.0 Å². The van der Waals surface area contributed by atoms with E-state index in [1.165, 1.54) is 0 Å². The van der Waals surface area contributed by atoms with Gasteiger partial charge in [0.25, 0.3) is 0 Å². The van der Waals surface area contributed by atoms with Crippen molar-refractivity contribution in [3.8, 4) is 0 Å². The Bertz CT molecular complexity index is 219. The average molecular weight is 300 g/mol. The first-order chi connectivity index (χ1) is 4.00. The van der Waals surface area contributed by atoms with Crippen LogP contribution >= 0.6 is 0 Å². The Labute approximate surface area is 124 Å². The Morgan fingerprint density at radius 3 is 0.750 bits per heavy atom. The maximum atomic E-state index is 8.74. The SMILES string of the molecule is O=S(=O)(O)O.O=S(=O)(O)O.[Cu].[H-].[K+]. The summed E-state index contributed by atoms with van der Waals surface area (Å²) in [6.45, 7) is 0. The molecule has 0 amide bonds. The first-order valence-electron chi connectivity index (χ1n) is 1.40. The Balaban J connectivity index is -0.0000000267. The zero-order chi connectivity index (χ0) is 9.00. The van der Waals surface area contributed by atoms with Gasteiger partial charge in [0.05, 0.1) is 0 Å². The third-order valence-electron chi connectivity index (χ3n) is 0. The molecule has 0 bridgehead atoms. The van der Waals surface area contributed by atoms with Crippen LogP contribution in [0, 0.1) is 0 Å². The molecule has 0 aliphatic rings. The van der Waals surface area contributed by atoms with Crippen molar-refractivity contribution in [2.24, 2.45) is 0 Å². The molecular formula is H5CuKO8S2. The van der Waals surface area contributed by atoms with Crippen LogP contribution in [0.3, 0.4) is 0 Å². The minimum absolute atomic E-state index is 0. The van der Waals surface area contributed by atoms with Crippen molar-refractivity contribution in [1.82, 2.24) is 0 Å². The van der Waals surface area contributed by atoms with Crippen LogP contribution in [0.25, 0.3) is 0 Å². The van der Waals surface area contributed by atoms with Crippen LogP contribution in [0.15, 0.2) is 0 Å². The van der Waals surface area contributed by atoms with E-state index in [1.54, 1.807) is 0 Å². The topological polar surface area (TPSA) is 149 Å². The second-order valence-corrected chi connectivity index (χ2v) is 2.69. The fourth-order valence-electron chi connectivity index (χ4n) is 0. The Morgan fingerprint density at radius 2 is 0.750 bits per heavy atom. The molecule has 0 unspecified atom stereocenters. The van der Waals surface area contributed by atoms with E-state index in [0.29, 0.717) is 0 Å². The Hall–Kier alpha value is 1.90. The van der Waals surface area contributed by atoms with Crippen LogP contribution in [0.2, 0.25) is 0 Å². The second-order valence-electron chi connectivity index (χ2n) is 0.896. The van der Waals surface area contributed by atoms with Gasteiger partial charge in [0.1, 0.15) is 0 Å². The van der Waals surface area contributed by atoms with Gasteiger partial charge in [-0.3, -0.25) is 18.2 Å². The molecule has 77 valence electrons. The quantitative estimate of drug-likeness (QED) is 0.260. The maximum Gasteiger partial charge on any atom is 1.00 e. The van der Waals surface area contributed by atoms with Gasteiger partial charge in [-0.2, -0.15) is 16.8 Å². The van der Waals surface area contributed by atoms with E-state index in [0.717, 1.165) is 0 Å². The van der Waals surface area contributed by atoms with Gasteiger partial charge in [-0.05, 0) is 0 Å². The molecule has 0 rings (SSSR count). The number of hydrogen-bond donors (Lipinski definition) is 4. The molecule has 0 aromatic carbocycles. The molecule has 0 fully saturated rings. The van der Waals surface area contributed by atoms with Crippen molar-refractivity contribution in [1.29, 1.82) is 0 Å². The Kier molecular flexibility index (Phi) is 18.6. The van der Waals surface area contributed by atoms with Gasteiger partial charge in [0, 0.05) is 17.1 Å². The summed E-state index contributed by atoms with van der Waals surface area (Å²) in [4.78, 5) is 0. The van der Waals surface area contributed by atoms with Crippen LogP contribution < -0.4 is 51.4 Å². The van der Waals surface area contributed by atoms with E-state index in [2.05, 4.69) is 0 Å². The summed E-state index contributed by atoms with van der Waals surface area (Å²) in [5, 5.41) is 0. The summed E-state index contributed by atoms with van der Waals surface area (Å²) in [6.07, 6.45) is 0. The zero-order valence-electron chi connectivity index (χ0n) is 6.54.